The van der Waals surface area contributed by atoms with Gasteiger partial charge in [-0.05, 0) is 31.7 Å². The third-order valence-corrected chi connectivity index (χ3v) is 11.5. The number of rotatable bonds is 6. The molecule has 1 aliphatic heterocycles. The van der Waals surface area contributed by atoms with E-state index in [1.165, 1.54) is 0 Å². The second-order valence-electron chi connectivity index (χ2n) is 12.0. The summed E-state index contributed by atoms with van der Waals surface area (Å²) in [5, 5.41) is 35.9. The number of likely N-dealkylation sites (tertiary alicyclic amines) is 1. The Kier molecular flexibility index (Phi) is 4.99. The van der Waals surface area contributed by atoms with Crippen molar-refractivity contribution >= 4 is 0 Å². The molecule has 188 valence electrons. The Morgan fingerprint density at radius 1 is 0.939 bits per heavy atom. The summed E-state index contributed by atoms with van der Waals surface area (Å²) in [7, 11) is 6.92. The third-order valence-electron chi connectivity index (χ3n) is 11.5. The van der Waals surface area contributed by atoms with E-state index >= 15 is 0 Å². The van der Waals surface area contributed by atoms with Crippen LogP contribution in [0.25, 0.3) is 0 Å². The van der Waals surface area contributed by atoms with Crippen LogP contribution in [-0.4, -0.2) is 110 Å². The van der Waals surface area contributed by atoms with Crippen LogP contribution in [0.4, 0.5) is 0 Å². The Bertz CT molecular complexity index is 814. The summed E-state index contributed by atoms with van der Waals surface area (Å²) in [4.78, 5) is 2.54. The molecule has 1 saturated heterocycles. The van der Waals surface area contributed by atoms with E-state index in [1.807, 2.05) is 0 Å². The van der Waals surface area contributed by atoms with Gasteiger partial charge in [-0.2, -0.15) is 0 Å². The van der Waals surface area contributed by atoms with Gasteiger partial charge >= 0.3 is 0 Å². The normalized spacial score (nSPS) is 60.9. The average Bonchev–Trinajstić information content (AvgIpc) is 3.16. The van der Waals surface area contributed by atoms with Crippen LogP contribution in [0.5, 0.6) is 0 Å². The van der Waals surface area contributed by atoms with Crippen LogP contribution in [0.15, 0.2) is 0 Å². The second-order valence-corrected chi connectivity index (χ2v) is 12.0. The van der Waals surface area contributed by atoms with Gasteiger partial charge in [-0.15, -0.1) is 0 Å². The first kappa shape index (κ1) is 23.1. The minimum absolute atomic E-state index is 0.0276. The number of hydrogen-bond donors (Lipinski definition) is 3. The maximum Gasteiger partial charge on any atom is 0.117 e. The fourth-order valence-electron chi connectivity index (χ4n) is 11.0. The molecule has 8 heteroatoms. The number of piperidine rings is 1. The Balaban J connectivity index is 1.65. The first-order chi connectivity index (χ1) is 15.7. The van der Waals surface area contributed by atoms with Crippen molar-refractivity contribution in [1.29, 1.82) is 0 Å². The number of hydrogen-bond acceptors (Lipinski definition) is 8. The summed E-state index contributed by atoms with van der Waals surface area (Å²) in [6.45, 7) is 4.60. The van der Waals surface area contributed by atoms with Crippen molar-refractivity contribution < 1.29 is 34.3 Å². The summed E-state index contributed by atoms with van der Waals surface area (Å²) < 4.78 is 24.3. The molecule has 0 aromatic heterocycles. The van der Waals surface area contributed by atoms with E-state index in [4.69, 9.17) is 18.9 Å². The summed E-state index contributed by atoms with van der Waals surface area (Å²) in [5.41, 5.74) is -3.00. The van der Waals surface area contributed by atoms with E-state index in [1.54, 1.807) is 28.4 Å². The molecule has 7 bridgehead atoms. The lowest BCUT2D eigenvalue weighted by molar-refractivity contribution is -0.283. The standard InChI is InChI=1S/C25H41NO7/c1-6-26-11-22(12-30-2)8-7-14(31-3)25-13-9-23(28)15(32-4)10-24(29,16(13)21(23)27)17(20(25)26)18(33-5)19(22)25/h13-21,27-29H,6-12H2,1-5H3/t13-,14?,15+,16-,17+,18+,19-,20-,21-,22+,23+,24-,25+/m1/s1. The highest BCUT2D eigenvalue weighted by molar-refractivity contribution is 5.37. The van der Waals surface area contributed by atoms with E-state index in [0.29, 0.717) is 19.4 Å². The van der Waals surface area contributed by atoms with Crippen molar-refractivity contribution in [1.82, 2.24) is 4.90 Å². The number of aliphatic hydroxyl groups is 3. The lowest BCUT2D eigenvalue weighted by Crippen LogP contribution is -2.76. The minimum atomic E-state index is -1.36. The first-order valence-corrected chi connectivity index (χ1v) is 12.7. The number of ether oxygens (including phenoxy) is 4. The van der Waals surface area contributed by atoms with Crippen molar-refractivity contribution in [3.05, 3.63) is 0 Å². The van der Waals surface area contributed by atoms with E-state index in [0.717, 1.165) is 25.9 Å². The van der Waals surface area contributed by atoms with Crippen molar-refractivity contribution in [2.75, 3.05) is 48.1 Å². The molecule has 1 unspecified atom stereocenters. The molecule has 1 heterocycles. The van der Waals surface area contributed by atoms with Crippen LogP contribution in [0.1, 0.15) is 32.6 Å². The van der Waals surface area contributed by atoms with Crippen LogP contribution in [0, 0.1) is 34.5 Å². The van der Waals surface area contributed by atoms with Crippen LogP contribution < -0.4 is 0 Å². The lowest BCUT2D eigenvalue weighted by atomic mass is 9.43. The van der Waals surface area contributed by atoms with Gasteiger partial charge in [-0.3, -0.25) is 4.90 Å². The Morgan fingerprint density at radius 2 is 1.67 bits per heavy atom. The van der Waals surface area contributed by atoms with Gasteiger partial charge in [-0.25, -0.2) is 0 Å². The molecule has 6 rings (SSSR count). The molecule has 0 amide bonds. The molecule has 13 atom stereocenters. The summed E-state index contributed by atoms with van der Waals surface area (Å²) in [5.74, 6) is -0.588. The molecule has 5 saturated carbocycles. The number of nitrogens with zero attached hydrogens (tertiary/aromatic N) is 1. The fourth-order valence-corrected chi connectivity index (χ4v) is 11.0. The van der Waals surface area contributed by atoms with Gasteiger partial charge in [0, 0.05) is 76.0 Å². The first-order valence-electron chi connectivity index (χ1n) is 12.7. The van der Waals surface area contributed by atoms with Crippen molar-refractivity contribution in [3.8, 4) is 0 Å². The monoisotopic (exact) mass is 467 g/mol. The van der Waals surface area contributed by atoms with E-state index < -0.39 is 29.3 Å². The molecule has 8 nitrogen and oxygen atoms in total. The Hall–Kier alpha value is -0.320. The van der Waals surface area contributed by atoms with E-state index in [9.17, 15) is 15.3 Å². The summed E-state index contributed by atoms with van der Waals surface area (Å²) >= 11 is 0. The molecule has 3 N–H and O–H groups in total. The molecular formula is C25H41NO7. The highest BCUT2D eigenvalue weighted by Gasteiger charge is 2.88. The number of fused-ring (bicyclic) bond motifs is 2. The van der Waals surface area contributed by atoms with Crippen molar-refractivity contribution in [3.63, 3.8) is 0 Å². The molecular weight excluding hydrogens is 426 g/mol. The minimum Gasteiger partial charge on any atom is -0.390 e. The smallest absolute Gasteiger partial charge is 0.117 e. The topological polar surface area (TPSA) is 101 Å². The van der Waals surface area contributed by atoms with Gasteiger partial charge in [-0.1, -0.05) is 6.92 Å². The van der Waals surface area contributed by atoms with Crippen LogP contribution >= 0.6 is 0 Å². The molecule has 0 aromatic rings. The van der Waals surface area contributed by atoms with E-state index in [2.05, 4.69) is 11.8 Å². The largest absolute Gasteiger partial charge is 0.390 e. The molecule has 33 heavy (non-hydrogen) atoms. The SMILES string of the molecule is CCN1C[C@]2(COC)CCC(OC)[C@@]34[C@@H]5C[C@]6(O)[C@@H](OC)C[C@@](O)([C@H]5[C@H]6O)[C@@H]([C@H](OC)[C@H]23)[C@@H]14. The van der Waals surface area contributed by atoms with Gasteiger partial charge in [0.2, 0.25) is 0 Å². The highest BCUT2D eigenvalue weighted by atomic mass is 16.5. The molecule has 1 spiro atoms. The van der Waals surface area contributed by atoms with Gasteiger partial charge in [0.05, 0.1) is 36.6 Å². The van der Waals surface area contributed by atoms with E-state index in [-0.39, 0.29) is 46.8 Å². The van der Waals surface area contributed by atoms with Gasteiger partial charge < -0.3 is 34.3 Å². The number of methoxy groups -OCH3 is 4. The predicted octanol–water partition coefficient (Wildman–Crippen LogP) is 0.271. The van der Waals surface area contributed by atoms with Gasteiger partial charge in [0.15, 0.2) is 0 Å². The molecule has 6 fully saturated rings. The lowest BCUT2D eigenvalue weighted by Gasteiger charge is -2.69. The fraction of sp³-hybridized carbons (Fsp3) is 1.00. The number of aliphatic hydroxyl groups excluding tert-OH is 1. The van der Waals surface area contributed by atoms with Crippen molar-refractivity contribution in [2.24, 2.45) is 34.5 Å². The van der Waals surface area contributed by atoms with Crippen LogP contribution in [0.2, 0.25) is 0 Å². The molecule has 0 aromatic carbocycles. The average molecular weight is 468 g/mol. The molecule has 0 radical (unpaired) electrons. The summed E-state index contributed by atoms with van der Waals surface area (Å²) in [6, 6.07) is 0.0593. The molecule has 5 aliphatic carbocycles. The zero-order chi connectivity index (χ0) is 23.6. The van der Waals surface area contributed by atoms with Crippen molar-refractivity contribution in [2.45, 2.75) is 74.3 Å². The second kappa shape index (κ2) is 7.13. The molecule has 6 aliphatic rings. The maximum absolute atomic E-state index is 12.6. The Labute approximate surface area is 196 Å². The van der Waals surface area contributed by atoms with Gasteiger partial charge in [0.1, 0.15) is 5.60 Å². The highest BCUT2D eigenvalue weighted by Crippen LogP contribution is 2.79. The predicted molar refractivity (Wildman–Crippen MR) is 119 cm³/mol. The third kappa shape index (κ3) is 2.28. The van der Waals surface area contributed by atoms with Crippen LogP contribution in [-0.2, 0) is 18.9 Å². The Morgan fingerprint density at radius 3 is 2.27 bits per heavy atom. The maximum atomic E-state index is 12.6. The summed E-state index contributed by atoms with van der Waals surface area (Å²) in [6.07, 6.45) is 0.766. The van der Waals surface area contributed by atoms with Crippen LogP contribution in [0.3, 0.4) is 0 Å². The van der Waals surface area contributed by atoms with Gasteiger partial charge in [0.25, 0.3) is 0 Å². The quantitative estimate of drug-likeness (QED) is 0.512. The zero-order valence-corrected chi connectivity index (χ0v) is 20.6. The zero-order valence-electron chi connectivity index (χ0n) is 20.6.